The number of aryl methyl sites for hydroxylation is 1. The second kappa shape index (κ2) is 5.49. The average Bonchev–Trinajstić information content (AvgIpc) is 2.43. The molecule has 0 radical (unpaired) electrons. The topological polar surface area (TPSA) is 77.1 Å². The van der Waals surface area contributed by atoms with Crippen LogP contribution in [0.3, 0.4) is 0 Å². The van der Waals surface area contributed by atoms with E-state index in [1.165, 1.54) is 6.07 Å². The van der Waals surface area contributed by atoms with Crippen LogP contribution in [0.1, 0.15) is 21.6 Å². The van der Waals surface area contributed by atoms with Crippen LogP contribution < -0.4 is 16.8 Å². The standard InChI is InChI=1S/C14H15N3O2/c1-10-3-2-4-13(18)17(10)9-11-5-7-12(8-6-11)14(19)16-15/h2-8H,9,15H2,1H3,(H,16,19). The monoisotopic (exact) mass is 257 g/mol. The lowest BCUT2D eigenvalue weighted by Crippen LogP contribution is -2.29. The molecule has 0 saturated heterocycles. The Morgan fingerprint density at radius 2 is 1.89 bits per heavy atom. The summed E-state index contributed by atoms with van der Waals surface area (Å²) >= 11 is 0. The summed E-state index contributed by atoms with van der Waals surface area (Å²) in [5, 5.41) is 0. The van der Waals surface area contributed by atoms with E-state index in [1.807, 2.05) is 25.1 Å². The van der Waals surface area contributed by atoms with Crippen molar-refractivity contribution in [1.29, 1.82) is 0 Å². The number of hydrogen-bond donors (Lipinski definition) is 2. The maximum atomic E-state index is 11.7. The number of aromatic nitrogens is 1. The Morgan fingerprint density at radius 3 is 2.47 bits per heavy atom. The summed E-state index contributed by atoms with van der Waals surface area (Å²) < 4.78 is 1.68. The zero-order valence-electron chi connectivity index (χ0n) is 10.6. The summed E-state index contributed by atoms with van der Waals surface area (Å²) in [7, 11) is 0. The van der Waals surface area contributed by atoms with E-state index in [2.05, 4.69) is 5.43 Å². The molecule has 0 fully saturated rings. The quantitative estimate of drug-likeness (QED) is 0.485. The van der Waals surface area contributed by atoms with Crippen molar-refractivity contribution in [3.05, 3.63) is 69.6 Å². The van der Waals surface area contributed by atoms with Crippen LogP contribution in [0.4, 0.5) is 0 Å². The number of rotatable bonds is 3. The highest BCUT2D eigenvalue weighted by atomic mass is 16.2. The molecule has 3 N–H and O–H groups in total. The molecule has 0 bridgehead atoms. The van der Waals surface area contributed by atoms with Crippen molar-refractivity contribution in [3.8, 4) is 0 Å². The number of nitrogen functional groups attached to an aromatic ring is 1. The van der Waals surface area contributed by atoms with Gasteiger partial charge < -0.3 is 4.57 Å². The Morgan fingerprint density at radius 1 is 1.21 bits per heavy atom. The Labute approximate surface area is 110 Å². The highest BCUT2D eigenvalue weighted by Crippen LogP contribution is 2.06. The van der Waals surface area contributed by atoms with Gasteiger partial charge >= 0.3 is 0 Å². The van der Waals surface area contributed by atoms with Gasteiger partial charge in [-0.1, -0.05) is 18.2 Å². The molecule has 5 heteroatoms. The number of hydrogen-bond acceptors (Lipinski definition) is 3. The van der Waals surface area contributed by atoms with Gasteiger partial charge in [-0.15, -0.1) is 0 Å². The molecule has 0 aliphatic carbocycles. The predicted molar refractivity (Wildman–Crippen MR) is 72.6 cm³/mol. The van der Waals surface area contributed by atoms with Crippen molar-refractivity contribution in [2.45, 2.75) is 13.5 Å². The summed E-state index contributed by atoms with van der Waals surface area (Å²) in [6.07, 6.45) is 0. The normalized spacial score (nSPS) is 10.2. The van der Waals surface area contributed by atoms with Gasteiger partial charge in [0, 0.05) is 17.3 Å². The fourth-order valence-electron chi connectivity index (χ4n) is 1.85. The molecule has 98 valence electrons. The van der Waals surface area contributed by atoms with Crippen LogP contribution >= 0.6 is 0 Å². The molecule has 1 aromatic carbocycles. The van der Waals surface area contributed by atoms with Gasteiger partial charge in [-0.05, 0) is 30.7 Å². The first-order chi connectivity index (χ1) is 9.11. The lowest BCUT2D eigenvalue weighted by Gasteiger charge is -2.09. The fraction of sp³-hybridized carbons (Fsp3) is 0.143. The molecule has 2 rings (SSSR count). The zero-order chi connectivity index (χ0) is 13.8. The van der Waals surface area contributed by atoms with Gasteiger partial charge in [0.05, 0.1) is 6.54 Å². The molecule has 0 spiro atoms. The third-order valence-corrected chi connectivity index (χ3v) is 2.96. The van der Waals surface area contributed by atoms with Crippen molar-refractivity contribution in [2.24, 2.45) is 5.84 Å². The molecular formula is C14H15N3O2. The molecule has 1 heterocycles. The number of hydrazine groups is 1. The molecule has 0 unspecified atom stereocenters. The van der Waals surface area contributed by atoms with E-state index in [1.54, 1.807) is 22.8 Å². The number of nitrogens with one attached hydrogen (secondary N) is 1. The highest BCUT2D eigenvalue weighted by Gasteiger charge is 2.04. The van der Waals surface area contributed by atoms with Crippen LogP contribution in [-0.2, 0) is 6.54 Å². The molecule has 5 nitrogen and oxygen atoms in total. The van der Waals surface area contributed by atoms with E-state index in [0.29, 0.717) is 12.1 Å². The summed E-state index contributed by atoms with van der Waals surface area (Å²) in [4.78, 5) is 23.0. The van der Waals surface area contributed by atoms with E-state index in [-0.39, 0.29) is 11.5 Å². The Hall–Kier alpha value is -2.40. The van der Waals surface area contributed by atoms with Crippen molar-refractivity contribution < 1.29 is 4.79 Å². The lowest BCUT2D eigenvalue weighted by molar-refractivity contribution is 0.0953. The maximum absolute atomic E-state index is 11.7. The van der Waals surface area contributed by atoms with Crippen molar-refractivity contribution in [2.75, 3.05) is 0 Å². The van der Waals surface area contributed by atoms with Crippen LogP contribution in [0.5, 0.6) is 0 Å². The number of carbonyl (C=O) groups is 1. The van der Waals surface area contributed by atoms with Gasteiger partial charge in [-0.3, -0.25) is 15.0 Å². The molecule has 0 aliphatic heterocycles. The van der Waals surface area contributed by atoms with E-state index in [0.717, 1.165) is 11.3 Å². The third-order valence-electron chi connectivity index (χ3n) is 2.96. The number of amides is 1. The average molecular weight is 257 g/mol. The predicted octanol–water partition coefficient (Wildman–Crippen LogP) is 0.809. The van der Waals surface area contributed by atoms with Crippen LogP contribution in [0.25, 0.3) is 0 Å². The van der Waals surface area contributed by atoms with E-state index in [4.69, 9.17) is 5.84 Å². The second-order valence-corrected chi connectivity index (χ2v) is 4.26. The Bertz CT molecular complexity index is 644. The minimum atomic E-state index is -0.334. The molecule has 0 aliphatic rings. The van der Waals surface area contributed by atoms with Gasteiger partial charge in [0.1, 0.15) is 0 Å². The van der Waals surface area contributed by atoms with Crippen LogP contribution in [0.15, 0.2) is 47.3 Å². The summed E-state index contributed by atoms with van der Waals surface area (Å²) in [5.74, 6) is 4.73. The van der Waals surface area contributed by atoms with Crippen LogP contribution in [0, 0.1) is 6.92 Å². The number of carbonyl (C=O) groups excluding carboxylic acids is 1. The van der Waals surface area contributed by atoms with Crippen molar-refractivity contribution >= 4 is 5.91 Å². The van der Waals surface area contributed by atoms with Gasteiger partial charge in [-0.2, -0.15) is 0 Å². The van der Waals surface area contributed by atoms with Gasteiger partial charge in [0.15, 0.2) is 0 Å². The molecular weight excluding hydrogens is 242 g/mol. The molecule has 1 amide bonds. The van der Waals surface area contributed by atoms with Crippen LogP contribution in [0.2, 0.25) is 0 Å². The number of nitrogens with two attached hydrogens (primary N) is 1. The SMILES string of the molecule is Cc1cccc(=O)n1Cc1ccc(C(=O)NN)cc1. The molecule has 0 saturated carbocycles. The largest absolute Gasteiger partial charge is 0.309 e. The summed E-state index contributed by atoms with van der Waals surface area (Å²) in [6.45, 7) is 2.37. The Balaban J connectivity index is 2.25. The highest BCUT2D eigenvalue weighted by molar-refractivity contribution is 5.93. The fourth-order valence-corrected chi connectivity index (χ4v) is 1.85. The second-order valence-electron chi connectivity index (χ2n) is 4.26. The first-order valence-electron chi connectivity index (χ1n) is 5.88. The van der Waals surface area contributed by atoms with Gasteiger partial charge in [0.25, 0.3) is 11.5 Å². The Kier molecular flexibility index (Phi) is 3.77. The minimum Gasteiger partial charge on any atom is -0.309 e. The van der Waals surface area contributed by atoms with Gasteiger partial charge in [-0.25, -0.2) is 5.84 Å². The third kappa shape index (κ3) is 2.89. The smallest absolute Gasteiger partial charge is 0.265 e. The van der Waals surface area contributed by atoms with Gasteiger partial charge in [0.2, 0.25) is 0 Å². The molecule has 19 heavy (non-hydrogen) atoms. The molecule has 0 atom stereocenters. The molecule has 1 aromatic heterocycles. The lowest BCUT2D eigenvalue weighted by atomic mass is 10.1. The number of benzene rings is 1. The van der Waals surface area contributed by atoms with Crippen molar-refractivity contribution in [1.82, 2.24) is 9.99 Å². The van der Waals surface area contributed by atoms with E-state index in [9.17, 15) is 9.59 Å². The first kappa shape index (κ1) is 13.0. The minimum absolute atomic E-state index is 0.0382. The number of pyridine rings is 1. The first-order valence-corrected chi connectivity index (χ1v) is 5.88. The summed E-state index contributed by atoms with van der Waals surface area (Å²) in [5.41, 5.74) is 4.37. The van der Waals surface area contributed by atoms with Crippen LogP contribution in [-0.4, -0.2) is 10.5 Å². The van der Waals surface area contributed by atoms with Crippen molar-refractivity contribution in [3.63, 3.8) is 0 Å². The number of nitrogens with zero attached hydrogens (tertiary/aromatic N) is 1. The zero-order valence-corrected chi connectivity index (χ0v) is 10.6. The van der Waals surface area contributed by atoms with E-state index >= 15 is 0 Å². The summed E-state index contributed by atoms with van der Waals surface area (Å²) in [6, 6.07) is 12.1. The molecule has 2 aromatic rings. The maximum Gasteiger partial charge on any atom is 0.265 e. The van der Waals surface area contributed by atoms with E-state index < -0.39 is 0 Å².